The number of H-pyrrole nitrogens is 1. The van der Waals surface area contributed by atoms with Gasteiger partial charge in [-0.1, -0.05) is 0 Å². The predicted octanol–water partition coefficient (Wildman–Crippen LogP) is 1.19. The number of carbonyl (C=O) groups is 1. The molecule has 0 aliphatic carbocycles. The highest BCUT2D eigenvalue weighted by atomic mass is 16.2. The second-order valence-corrected chi connectivity index (χ2v) is 4.00. The topological polar surface area (TPSA) is 61.9 Å². The van der Waals surface area contributed by atoms with E-state index in [0.29, 0.717) is 11.2 Å². The van der Waals surface area contributed by atoms with Gasteiger partial charge in [-0.15, -0.1) is 0 Å². The molecule has 0 bridgehead atoms. The maximum atomic E-state index is 12.1. The maximum absolute atomic E-state index is 12.1. The van der Waals surface area contributed by atoms with Crippen molar-refractivity contribution in [3.05, 3.63) is 24.2 Å². The van der Waals surface area contributed by atoms with E-state index in [1.54, 1.807) is 12.5 Å². The van der Waals surface area contributed by atoms with Crippen LogP contribution in [0.4, 0.5) is 0 Å². The zero-order valence-electron chi connectivity index (χ0n) is 8.81. The molecule has 5 heteroatoms. The van der Waals surface area contributed by atoms with Gasteiger partial charge in [-0.05, 0) is 18.9 Å². The van der Waals surface area contributed by atoms with Gasteiger partial charge in [0.05, 0.1) is 17.4 Å². The third-order valence-electron chi connectivity index (χ3n) is 2.91. The Balaban J connectivity index is 1.95. The molecule has 3 heterocycles. The Morgan fingerprint density at radius 3 is 2.94 bits per heavy atom. The molecule has 1 saturated heterocycles. The summed E-state index contributed by atoms with van der Waals surface area (Å²) in [6.45, 7) is 1.72. The molecule has 1 N–H and O–H groups in total. The minimum absolute atomic E-state index is 0.0708. The predicted molar refractivity (Wildman–Crippen MR) is 59.0 cm³/mol. The molecule has 1 aliphatic rings. The molecule has 0 atom stereocenters. The fourth-order valence-electron chi connectivity index (χ4n) is 2.05. The first-order chi connectivity index (χ1) is 7.84. The Morgan fingerprint density at radius 2 is 2.12 bits per heavy atom. The number of hydrogen-bond acceptors (Lipinski definition) is 3. The van der Waals surface area contributed by atoms with Crippen LogP contribution in [-0.2, 0) is 0 Å². The summed E-state index contributed by atoms with van der Waals surface area (Å²) in [5.74, 6) is 0.0708. The molecule has 82 valence electrons. The van der Waals surface area contributed by atoms with E-state index in [1.807, 2.05) is 11.0 Å². The molecule has 16 heavy (non-hydrogen) atoms. The Labute approximate surface area is 92.5 Å². The number of nitrogens with one attached hydrogen (secondary N) is 1. The first-order valence-electron chi connectivity index (χ1n) is 5.43. The number of nitrogens with zero attached hydrogens (tertiary/aromatic N) is 3. The number of amides is 1. The van der Waals surface area contributed by atoms with Gasteiger partial charge in [0.15, 0.2) is 5.65 Å². The van der Waals surface area contributed by atoms with E-state index in [2.05, 4.69) is 15.0 Å². The number of imidazole rings is 1. The van der Waals surface area contributed by atoms with Crippen LogP contribution in [0.15, 0.2) is 18.6 Å². The van der Waals surface area contributed by atoms with Crippen LogP contribution in [0.3, 0.4) is 0 Å². The molecule has 5 nitrogen and oxygen atoms in total. The minimum Gasteiger partial charge on any atom is -0.343 e. The van der Waals surface area contributed by atoms with Crippen LogP contribution in [0, 0.1) is 0 Å². The normalized spacial score (nSPS) is 15.9. The highest BCUT2D eigenvalue weighted by Crippen LogP contribution is 2.14. The summed E-state index contributed by atoms with van der Waals surface area (Å²) in [4.78, 5) is 25.1. The van der Waals surface area contributed by atoms with E-state index >= 15 is 0 Å². The maximum Gasteiger partial charge on any atom is 0.255 e. The lowest BCUT2D eigenvalue weighted by Crippen LogP contribution is -2.27. The van der Waals surface area contributed by atoms with E-state index in [0.717, 1.165) is 31.4 Å². The van der Waals surface area contributed by atoms with Crippen molar-refractivity contribution in [1.29, 1.82) is 0 Å². The number of likely N-dealkylation sites (tertiary alicyclic amines) is 1. The second kappa shape index (κ2) is 3.59. The molecular formula is C11H12N4O. The fraction of sp³-hybridized carbons (Fsp3) is 0.364. The Hall–Kier alpha value is -1.91. The molecule has 0 spiro atoms. The van der Waals surface area contributed by atoms with Crippen molar-refractivity contribution >= 4 is 17.1 Å². The molecule has 3 rings (SSSR count). The number of rotatable bonds is 1. The van der Waals surface area contributed by atoms with E-state index in [-0.39, 0.29) is 5.91 Å². The molecule has 0 radical (unpaired) electrons. The summed E-state index contributed by atoms with van der Waals surface area (Å²) in [5.41, 5.74) is 2.10. The summed E-state index contributed by atoms with van der Waals surface area (Å²) < 4.78 is 0. The molecule has 1 aliphatic heterocycles. The Bertz CT molecular complexity index is 528. The lowest BCUT2D eigenvalue weighted by molar-refractivity contribution is 0.0792. The molecule has 1 amide bonds. The third-order valence-corrected chi connectivity index (χ3v) is 2.91. The van der Waals surface area contributed by atoms with E-state index in [1.165, 1.54) is 0 Å². The van der Waals surface area contributed by atoms with Crippen molar-refractivity contribution in [1.82, 2.24) is 19.9 Å². The van der Waals surface area contributed by atoms with Gasteiger partial charge in [0.2, 0.25) is 0 Å². The first-order valence-corrected chi connectivity index (χ1v) is 5.43. The molecule has 0 aromatic carbocycles. The van der Waals surface area contributed by atoms with Gasteiger partial charge in [-0.2, -0.15) is 0 Å². The lowest BCUT2D eigenvalue weighted by atomic mass is 10.2. The van der Waals surface area contributed by atoms with Gasteiger partial charge in [0.25, 0.3) is 5.91 Å². The molecule has 2 aromatic rings. The second-order valence-electron chi connectivity index (χ2n) is 4.00. The number of aromatic nitrogens is 3. The third kappa shape index (κ3) is 1.44. The van der Waals surface area contributed by atoms with Crippen LogP contribution in [0.1, 0.15) is 23.2 Å². The van der Waals surface area contributed by atoms with E-state index in [4.69, 9.17) is 0 Å². The van der Waals surface area contributed by atoms with E-state index < -0.39 is 0 Å². The number of carbonyl (C=O) groups excluding carboxylic acids is 1. The summed E-state index contributed by atoms with van der Waals surface area (Å²) >= 11 is 0. The highest BCUT2D eigenvalue weighted by Gasteiger charge is 2.19. The van der Waals surface area contributed by atoms with Gasteiger partial charge in [-0.3, -0.25) is 4.79 Å². The highest BCUT2D eigenvalue weighted by molar-refractivity contribution is 5.96. The van der Waals surface area contributed by atoms with Crippen LogP contribution in [-0.4, -0.2) is 38.8 Å². The average molecular weight is 216 g/mol. The Kier molecular flexibility index (Phi) is 2.09. The monoisotopic (exact) mass is 216 g/mol. The standard InChI is InChI=1S/C11H12N4O/c16-11(15-3-1-2-4-15)8-5-9-10(12-6-8)14-7-13-9/h5-7H,1-4H2,(H,12,13,14). The van der Waals surface area contributed by atoms with Gasteiger partial charge in [0, 0.05) is 19.3 Å². The van der Waals surface area contributed by atoms with Crippen LogP contribution in [0.25, 0.3) is 11.2 Å². The van der Waals surface area contributed by atoms with Gasteiger partial charge in [0.1, 0.15) is 0 Å². The SMILES string of the molecule is O=C(c1cnc2nc[nH]c2c1)N1CCCC1. The summed E-state index contributed by atoms with van der Waals surface area (Å²) in [6.07, 6.45) is 5.39. The number of aromatic amines is 1. The van der Waals surface area contributed by atoms with Crippen LogP contribution in [0.5, 0.6) is 0 Å². The Morgan fingerprint density at radius 1 is 1.31 bits per heavy atom. The molecule has 0 unspecified atom stereocenters. The molecule has 0 saturated carbocycles. The van der Waals surface area contributed by atoms with E-state index in [9.17, 15) is 4.79 Å². The van der Waals surface area contributed by atoms with Gasteiger partial charge >= 0.3 is 0 Å². The van der Waals surface area contributed by atoms with Crippen molar-refractivity contribution in [2.75, 3.05) is 13.1 Å². The smallest absolute Gasteiger partial charge is 0.255 e. The summed E-state index contributed by atoms with van der Waals surface area (Å²) in [6, 6.07) is 1.82. The fourth-order valence-corrected chi connectivity index (χ4v) is 2.05. The largest absolute Gasteiger partial charge is 0.343 e. The molecular weight excluding hydrogens is 204 g/mol. The van der Waals surface area contributed by atoms with Crippen LogP contribution in [0.2, 0.25) is 0 Å². The summed E-state index contributed by atoms with van der Waals surface area (Å²) in [5, 5.41) is 0. The number of hydrogen-bond donors (Lipinski definition) is 1. The van der Waals surface area contributed by atoms with Crippen molar-refractivity contribution in [3.63, 3.8) is 0 Å². The average Bonchev–Trinajstić information content (AvgIpc) is 2.98. The van der Waals surface area contributed by atoms with Crippen molar-refractivity contribution in [2.24, 2.45) is 0 Å². The lowest BCUT2D eigenvalue weighted by Gasteiger charge is -2.14. The molecule has 1 fully saturated rings. The number of pyridine rings is 1. The zero-order valence-corrected chi connectivity index (χ0v) is 8.81. The number of fused-ring (bicyclic) bond motifs is 1. The quantitative estimate of drug-likeness (QED) is 0.779. The van der Waals surface area contributed by atoms with Gasteiger partial charge in [-0.25, -0.2) is 9.97 Å². The van der Waals surface area contributed by atoms with Crippen LogP contribution >= 0.6 is 0 Å². The van der Waals surface area contributed by atoms with Gasteiger partial charge < -0.3 is 9.88 Å². The van der Waals surface area contributed by atoms with Crippen molar-refractivity contribution in [3.8, 4) is 0 Å². The minimum atomic E-state index is 0.0708. The first kappa shape index (κ1) is 9.33. The van der Waals surface area contributed by atoms with Crippen LogP contribution < -0.4 is 0 Å². The summed E-state index contributed by atoms with van der Waals surface area (Å²) in [7, 11) is 0. The molecule has 2 aromatic heterocycles. The van der Waals surface area contributed by atoms with Crippen molar-refractivity contribution in [2.45, 2.75) is 12.8 Å². The van der Waals surface area contributed by atoms with Crippen molar-refractivity contribution < 1.29 is 4.79 Å². The zero-order chi connectivity index (χ0) is 11.0.